The van der Waals surface area contributed by atoms with Crippen LogP contribution in [0.3, 0.4) is 0 Å². The van der Waals surface area contributed by atoms with Gasteiger partial charge in [0, 0.05) is 15.9 Å². The molecule has 0 atom stereocenters. The third kappa shape index (κ3) is 2.35. The molecule has 0 radical (unpaired) electrons. The highest BCUT2D eigenvalue weighted by atomic mass is 79.9. The van der Waals surface area contributed by atoms with Crippen LogP contribution in [0.5, 0.6) is 5.88 Å². The van der Waals surface area contributed by atoms with Crippen molar-refractivity contribution in [1.82, 2.24) is 4.98 Å². The second-order valence-electron chi connectivity index (χ2n) is 4.11. The van der Waals surface area contributed by atoms with Crippen LogP contribution in [-0.2, 0) is 0 Å². The maximum Gasteiger partial charge on any atom is 0.214 e. The summed E-state index contributed by atoms with van der Waals surface area (Å²) in [4.78, 5) is 4.47. The number of nitrogens with zero attached hydrogens (tertiary/aromatic N) is 1. The smallest absolute Gasteiger partial charge is 0.214 e. The van der Waals surface area contributed by atoms with Gasteiger partial charge in [0.05, 0.1) is 11.6 Å². The van der Waals surface area contributed by atoms with Crippen molar-refractivity contribution in [2.75, 3.05) is 0 Å². The molecule has 0 aliphatic heterocycles. The third-order valence-electron chi connectivity index (χ3n) is 2.31. The number of benzene rings is 1. The molecule has 1 heterocycles. The van der Waals surface area contributed by atoms with E-state index in [4.69, 9.17) is 4.74 Å². The van der Waals surface area contributed by atoms with Gasteiger partial charge in [-0.2, -0.15) is 0 Å². The summed E-state index contributed by atoms with van der Waals surface area (Å²) in [5, 5.41) is 1.16. The summed E-state index contributed by atoms with van der Waals surface area (Å²) in [5.74, 6) is 0.697. The van der Waals surface area contributed by atoms with E-state index in [1.54, 1.807) is 0 Å². The predicted octanol–water partition coefficient (Wildman–Crippen LogP) is 4.09. The molecule has 0 unspecified atom stereocenters. The van der Waals surface area contributed by atoms with Crippen molar-refractivity contribution in [2.45, 2.75) is 26.9 Å². The number of rotatable bonds is 2. The van der Waals surface area contributed by atoms with E-state index in [0.717, 1.165) is 15.4 Å². The molecular weight excluding hydrogens is 266 g/mol. The normalized spacial score (nSPS) is 11.1. The van der Waals surface area contributed by atoms with Gasteiger partial charge in [0.15, 0.2) is 0 Å². The summed E-state index contributed by atoms with van der Waals surface area (Å²) in [5.41, 5.74) is 2.15. The van der Waals surface area contributed by atoms with E-state index in [1.165, 1.54) is 5.56 Å². The maximum atomic E-state index is 5.61. The van der Waals surface area contributed by atoms with Crippen LogP contribution in [0.1, 0.15) is 19.4 Å². The first-order valence-corrected chi connectivity index (χ1v) is 6.09. The molecule has 0 saturated heterocycles. The molecule has 2 nitrogen and oxygen atoms in total. The van der Waals surface area contributed by atoms with Crippen LogP contribution >= 0.6 is 15.9 Å². The van der Waals surface area contributed by atoms with Crippen LogP contribution in [-0.4, -0.2) is 11.1 Å². The molecule has 0 N–H and O–H groups in total. The van der Waals surface area contributed by atoms with E-state index in [0.29, 0.717) is 5.88 Å². The van der Waals surface area contributed by atoms with Gasteiger partial charge in [0.2, 0.25) is 5.88 Å². The van der Waals surface area contributed by atoms with Gasteiger partial charge in [-0.3, -0.25) is 0 Å². The SMILES string of the molecule is Cc1cc(OC(C)C)nc2ccc(Br)cc12. The minimum Gasteiger partial charge on any atom is -0.475 e. The van der Waals surface area contributed by atoms with Crippen molar-refractivity contribution in [3.63, 3.8) is 0 Å². The van der Waals surface area contributed by atoms with Crippen LogP contribution < -0.4 is 4.74 Å². The van der Waals surface area contributed by atoms with E-state index in [2.05, 4.69) is 33.9 Å². The number of aromatic nitrogens is 1. The third-order valence-corrected chi connectivity index (χ3v) is 2.80. The van der Waals surface area contributed by atoms with Crippen LogP contribution in [0.15, 0.2) is 28.7 Å². The Bertz CT molecular complexity index is 523. The van der Waals surface area contributed by atoms with E-state index in [1.807, 2.05) is 32.0 Å². The van der Waals surface area contributed by atoms with Gasteiger partial charge >= 0.3 is 0 Å². The predicted molar refractivity (Wildman–Crippen MR) is 69.9 cm³/mol. The van der Waals surface area contributed by atoms with Crippen molar-refractivity contribution < 1.29 is 4.74 Å². The molecule has 2 rings (SSSR count). The maximum absolute atomic E-state index is 5.61. The Kier molecular flexibility index (Phi) is 3.15. The molecule has 1 aromatic heterocycles. The molecular formula is C13H14BrNO. The fourth-order valence-corrected chi connectivity index (χ4v) is 2.00. The molecule has 0 aliphatic carbocycles. The van der Waals surface area contributed by atoms with Crippen molar-refractivity contribution in [3.8, 4) is 5.88 Å². The number of fused-ring (bicyclic) bond motifs is 1. The van der Waals surface area contributed by atoms with Crippen molar-refractivity contribution in [3.05, 3.63) is 34.3 Å². The topological polar surface area (TPSA) is 22.1 Å². The number of pyridine rings is 1. The summed E-state index contributed by atoms with van der Waals surface area (Å²) >= 11 is 3.47. The standard InChI is InChI=1S/C13H14BrNO/c1-8(2)16-13-6-9(3)11-7-10(14)4-5-12(11)15-13/h4-8H,1-3H3. The Hall–Kier alpha value is -1.09. The highest BCUT2D eigenvalue weighted by Crippen LogP contribution is 2.25. The first-order valence-electron chi connectivity index (χ1n) is 5.30. The van der Waals surface area contributed by atoms with Crippen molar-refractivity contribution >= 4 is 26.8 Å². The molecule has 0 saturated carbocycles. The second-order valence-corrected chi connectivity index (χ2v) is 5.02. The number of hydrogen-bond donors (Lipinski definition) is 0. The van der Waals surface area contributed by atoms with Crippen LogP contribution in [0.4, 0.5) is 0 Å². The van der Waals surface area contributed by atoms with Gasteiger partial charge in [0.25, 0.3) is 0 Å². The zero-order valence-corrected chi connectivity index (χ0v) is 11.2. The van der Waals surface area contributed by atoms with Crippen LogP contribution in [0.25, 0.3) is 10.9 Å². The molecule has 0 spiro atoms. The molecule has 0 aliphatic rings. The summed E-state index contributed by atoms with van der Waals surface area (Å²) < 4.78 is 6.68. The number of ether oxygens (including phenoxy) is 1. The number of hydrogen-bond acceptors (Lipinski definition) is 2. The summed E-state index contributed by atoms with van der Waals surface area (Å²) in [6.45, 7) is 6.08. The Morgan fingerprint density at radius 1 is 1.25 bits per heavy atom. The lowest BCUT2D eigenvalue weighted by Crippen LogP contribution is -2.07. The minimum atomic E-state index is 0.153. The molecule has 0 bridgehead atoms. The highest BCUT2D eigenvalue weighted by molar-refractivity contribution is 9.10. The van der Waals surface area contributed by atoms with Gasteiger partial charge < -0.3 is 4.74 Å². The first-order chi connectivity index (χ1) is 7.56. The Labute approximate surface area is 104 Å². The molecule has 16 heavy (non-hydrogen) atoms. The fourth-order valence-electron chi connectivity index (χ4n) is 1.64. The molecule has 1 aromatic carbocycles. The lowest BCUT2D eigenvalue weighted by molar-refractivity contribution is 0.233. The monoisotopic (exact) mass is 279 g/mol. The average molecular weight is 280 g/mol. The summed E-state index contributed by atoms with van der Waals surface area (Å²) in [6.07, 6.45) is 0.153. The lowest BCUT2D eigenvalue weighted by Gasteiger charge is -2.11. The quantitative estimate of drug-likeness (QED) is 0.826. The van der Waals surface area contributed by atoms with Gasteiger partial charge in [-0.05, 0) is 44.5 Å². The van der Waals surface area contributed by atoms with Gasteiger partial charge in [-0.1, -0.05) is 15.9 Å². The Morgan fingerprint density at radius 2 is 2.00 bits per heavy atom. The van der Waals surface area contributed by atoms with E-state index >= 15 is 0 Å². The average Bonchev–Trinajstić information content (AvgIpc) is 2.18. The highest BCUT2D eigenvalue weighted by Gasteiger charge is 2.05. The van der Waals surface area contributed by atoms with E-state index < -0.39 is 0 Å². The largest absolute Gasteiger partial charge is 0.475 e. The summed E-state index contributed by atoms with van der Waals surface area (Å²) in [7, 11) is 0. The van der Waals surface area contributed by atoms with E-state index in [-0.39, 0.29) is 6.10 Å². The zero-order chi connectivity index (χ0) is 11.7. The van der Waals surface area contributed by atoms with Gasteiger partial charge in [-0.25, -0.2) is 4.98 Å². The van der Waals surface area contributed by atoms with Gasteiger partial charge in [0.1, 0.15) is 0 Å². The molecule has 0 fully saturated rings. The molecule has 84 valence electrons. The first kappa shape index (κ1) is 11.4. The van der Waals surface area contributed by atoms with E-state index in [9.17, 15) is 0 Å². The number of halogens is 1. The van der Waals surface area contributed by atoms with Crippen molar-refractivity contribution in [1.29, 1.82) is 0 Å². The Morgan fingerprint density at radius 3 is 2.69 bits per heavy atom. The van der Waals surface area contributed by atoms with Crippen molar-refractivity contribution in [2.24, 2.45) is 0 Å². The summed E-state index contributed by atoms with van der Waals surface area (Å²) in [6, 6.07) is 8.05. The number of aryl methyl sites for hydroxylation is 1. The Balaban J connectivity index is 2.55. The minimum absolute atomic E-state index is 0.153. The lowest BCUT2D eigenvalue weighted by atomic mass is 10.1. The molecule has 3 heteroatoms. The molecule has 0 amide bonds. The molecule has 2 aromatic rings. The fraction of sp³-hybridized carbons (Fsp3) is 0.308. The zero-order valence-electron chi connectivity index (χ0n) is 9.62. The second kappa shape index (κ2) is 4.42. The van der Waals surface area contributed by atoms with Gasteiger partial charge in [-0.15, -0.1) is 0 Å². The van der Waals surface area contributed by atoms with Crippen LogP contribution in [0.2, 0.25) is 0 Å². The van der Waals surface area contributed by atoms with Crippen LogP contribution in [0, 0.1) is 6.92 Å².